The fourth-order valence-corrected chi connectivity index (χ4v) is 2.18. The lowest BCUT2D eigenvalue weighted by Crippen LogP contribution is -2.25. The Kier molecular flexibility index (Phi) is 11.3. The van der Waals surface area contributed by atoms with Crippen molar-refractivity contribution in [2.24, 2.45) is 5.92 Å². The summed E-state index contributed by atoms with van der Waals surface area (Å²) in [6, 6.07) is 0. The number of hydrogen-bond donors (Lipinski definition) is 1. The van der Waals surface area contributed by atoms with Crippen molar-refractivity contribution >= 4 is 0 Å². The lowest BCUT2D eigenvalue weighted by atomic mass is 9.90. The van der Waals surface area contributed by atoms with E-state index in [4.69, 9.17) is 9.84 Å². The van der Waals surface area contributed by atoms with E-state index in [2.05, 4.69) is 20.8 Å². The highest BCUT2D eigenvalue weighted by atomic mass is 16.5. The molecule has 1 N–H and O–H groups in total. The van der Waals surface area contributed by atoms with Crippen LogP contribution in [-0.4, -0.2) is 24.4 Å². The van der Waals surface area contributed by atoms with Crippen LogP contribution in [0.25, 0.3) is 0 Å². The monoisotopic (exact) mass is 230 g/mol. The third-order valence-electron chi connectivity index (χ3n) is 3.24. The largest absolute Gasteiger partial charge is 0.394 e. The van der Waals surface area contributed by atoms with E-state index in [1.807, 2.05) is 0 Å². The highest BCUT2D eigenvalue weighted by Crippen LogP contribution is 2.23. The summed E-state index contributed by atoms with van der Waals surface area (Å²) in [5, 5.41) is 8.85. The molecule has 0 aromatic rings. The third-order valence-corrected chi connectivity index (χ3v) is 3.24. The molecule has 0 rings (SSSR count). The van der Waals surface area contributed by atoms with Gasteiger partial charge in [0.05, 0.1) is 19.3 Å². The molecule has 0 amide bonds. The quantitative estimate of drug-likeness (QED) is 0.585. The van der Waals surface area contributed by atoms with Gasteiger partial charge in [0.15, 0.2) is 0 Å². The summed E-state index contributed by atoms with van der Waals surface area (Å²) >= 11 is 0. The Morgan fingerprint density at radius 2 is 1.62 bits per heavy atom. The van der Waals surface area contributed by atoms with Gasteiger partial charge in [-0.15, -0.1) is 0 Å². The number of unbranched alkanes of at least 4 members (excludes halogenated alkanes) is 2. The minimum Gasteiger partial charge on any atom is -0.394 e. The van der Waals surface area contributed by atoms with E-state index < -0.39 is 0 Å². The molecule has 2 nitrogen and oxygen atoms in total. The van der Waals surface area contributed by atoms with Gasteiger partial charge in [-0.05, 0) is 18.8 Å². The SMILES string of the molecule is CCCCC(CC)C(CCCC)OCCO. The Labute approximate surface area is 101 Å². The van der Waals surface area contributed by atoms with E-state index in [0.717, 1.165) is 6.42 Å². The molecule has 0 aliphatic carbocycles. The highest BCUT2D eigenvalue weighted by molar-refractivity contribution is 4.70. The number of rotatable bonds is 11. The second-order valence-corrected chi connectivity index (χ2v) is 4.59. The first kappa shape index (κ1) is 15.9. The normalized spacial score (nSPS) is 15.0. The van der Waals surface area contributed by atoms with E-state index in [0.29, 0.717) is 18.6 Å². The summed E-state index contributed by atoms with van der Waals surface area (Å²) < 4.78 is 5.79. The minimum atomic E-state index is 0.146. The van der Waals surface area contributed by atoms with Crippen LogP contribution in [0.5, 0.6) is 0 Å². The van der Waals surface area contributed by atoms with Gasteiger partial charge >= 0.3 is 0 Å². The van der Waals surface area contributed by atoms with Gasteiger partial charge in [-0.25, -0.2) is 0 Å². The zero-order valence-electron chi connectivity index (χ0n) is 11.4. The smallest absolute Gasteiger partial charge is 0.0701 e. The fourth-order valence-electron chi connectivity index (χ4n) is 2.18. The standard InChI is InChI=1S/C14H30O2/c1-4-7-9-13(6-3)14(10-8-5-2)16-12-11-15/h13-15H,4-12H2,1-3H3. The van der Waals surface area contributed by atoms with E-state index in [1.165, 1.54) is 38.5 Å². The number of aliphatic hydroxyl groups is 1. The molecule has 2 atom stereocenters. The topological polar surface area (TPSA) is 29.5 Å². The molecule has 0 spiro atoms. The molecule has 0 aromatic heterocycles. The summed E-state index contributed by atoms with van der Waals surface area (Å²) in [5.74, 6) is 0.679. The summed E-state index contributed by atoms with van der Waals surface area (Å²) in [6.45, 7) is 7.35. The van der Waals surface area contributed by atoms with Gasteiger partial charge in [-0.3, -0.25) is 0 Å². The van der Waals surface area contributed by atoms with Crippen LogP contribution in [0, 0.1) is 5.92 Å². The van der Waals surface area contributed by atoms with Gasteiger partial charge in [-0.2, -0.15) is 0 Å². The van der Waals surface area contributed by atoms with Crippen LogP contribution in [0.3, 0.4) is 0 Å². The average molecular weight is 230 g/mol. The lowest BCUT2D eigenvalue weighted by Gasteiger charge is -2.26. The average Bonchev–Trinajstić information content (AvgIpc) is 2.32. The van der Waals surface area contributed by atoms with Gasteiger partial charge < -0.3 is 9.84 Å². The van der Waals surface area contributed by atoms with E-state index in [9.17, 15) is 0 Å². The van der Waals surface area contributed by atoms with Crippen LogP contribution in [0.1, 0.15) is 65.7 Å². The second-order valence-electron chi connectivity index (χ2n) is 4.59. The molecule has 0 aromatic carbocycles. The molecular weight excluding hydrogens is 200 g/mol. The van der Waals surface area contributed by atoms with E-state index in [1.54, 1.807) is 0 Å². The van der Waals surface area contributed by atoms with E-state index in [-0.39, 0.29) is 6.61 Å². The summed E-state index contributed by atoms with van der Waals surface area (Å²) in [5.41, 5.74) is 0. The van der Waals surface area contributed by atoms with Crippen LogP contribution in [0.15, 0.2) is 0 Å². The minimum absolute atomic E-state index is 0.146. The van der Waals surface area contributed by atoms with Gasteiger partial charge in [-0.1, -0.05) is 52.9 Å². The Morgan fingerprint density at radius 1 is 1.00 bits per heavy atom. The predicted molar refractivity (Wildman–Crippen MR) is 69.7 cm³/mol. The first-order valence-corrected chi connectivity index (χ1v) is 7.02. The van der Waals surface area contributed by atoms with Gasteiger partial charge in [0.1, 0.15) is 0 Å². The molecule has 98 valence electrons. The lowest BCUT2D eigenvalue weighted by molar-refractivity contribution is -0.0150. The maximum atomic E-state index is 8.85. The Bertz CT molecular complexity index is 129. The maximum absolute atomic E-state index is 8.85. The van der Waals surface area contributed by atoms with Crippen molar-refractivity contribution < 1.29 is 9.84 Å². The molecule has 0 bridgehead atoms. The first-order valence-electron chi connectivity index (χ1n) is 7.02. The van der Waals surface area contributed by atoms with Gasteiger partial charge in [0.2, 0.25) is 0 Å². The predicted octanol–water partition coefficient (Wildman–Crippen LogP) is 3.77. The second kappa shape index (κ2) is 11.4. The van der Waals surface area contributed by atoms with Crippen molar-refractivity contribution in [3.8, 4) is 0 Å². The molecule has 0 radical (unpaired) electrons. The zero-order valence-corrected chi connectivity index (χ0v) is 11.4. The van der Waals surface area contributed by atoms with Crippen LogP contribution in [-0.2, 0) is 4.74 Å². The Morgan fingerprint density at radius 3 is 2.12 bits per heavy atom. The Hall–Kier alpha value is -0.0800. The van der Waals surface area contributed by atoms with Crippen molar-refractivity contribution in [2.45, 2.75) is 71.8 Å². The molecule has 0 heterocycles. The fraction of sp³-hybridized carbons (Fsp3) is 1.00. The first-order chi connectivity index (χ1) is 7.79. The van der Waals surface area contributed by atoms with Crippen molar-refractivity contribution in [1.82, 2.24) is 0 Å². The van der Waals surface area contributed by atoms with Gasteiger partial charge in [0, 0.05) is 0 Å². The van der Waals surface area contributed by atoms with Crippen molar-refractivity contribution in [2.75, 3.05) is 13.2 Å². The molecule has 0 aliphatic heterocycles. The number of ether oxygens (including phenoxy) is 1. The van der Waals surface area contributed by atoms with E-state index >= 15 is 0 Å². The zero-order chi connectivity index (χ0) is 12.2. The van der Waals surface area contributed by atoms with Gasteiger partial charge in [0.25, 0.3) is 0 Å². The number of hydrogen-bond acceptors (Lipinski definition) is 2. The molecular formula is C14H30O2. The van der Waals surface area contributed by atoms with Crippen molar-refractivity contribution in [3.63, 3.8) is 0 Å². The van der Waals surface area contributed by atoms with Crippen molar-refractivity contribution in [1.29, 1.82) is 0 Å². The van der Waals surface area contributed by atoms with Crippen LogP contribution in [0.4, 0.5) is 0 Å². The summed E-state index contributed by atoms with van der Waals surface area (Å²) in [6.07, 6.45) is 9.00. The van der Waals surface area contributed by atoms with Crippen LogP contribution < -0.4 is 0 Å². The molecule has 0 fully saturated rings. The Balaban J connectivity index is 4.06. The molecule has 0 saturated carbocycles. The molecule has 0 saturated heterocycles. The third kappa shape index (κ3) is 7.24. The van der Waals surface area contributed by atoms with Crippen molar-refractivity contribution in [3.05, 3.63) is 0 Å². The number of aliphatic hydroxyl groups excluding tert-OH is 1. The summed E-state index contributed by atoms with van der Waals surface area (Å²) in [4.78, 5) is 0. The highest BCUT2D eigenvalue weighted by Gasteiger charge is 2.19. The van der Waals surface area contributed by atoms with Crippen LogP contribution >= 0.6 is 0 Å². The molecule has 0 aliphatic rings. The maximum Gasteiger partial charge on any atom is 0.0701 e. The molecule has 16 heavy (non-hydrogen) atoms. The summed E-state index contributed by atoms with van der Waals surface area (Å²) in [7, 11) is 0. The molecule has 2 unspecified atom stereocenters. The molecule has 2 heteroatoms. The van der Waals surface area contributed by atoms with Crippen LogP contribution in [0.2, 0.25) is 0 Å².